The van der Waals surface area contributed by atoms with E-state index < -0.39 is 9.76 Å². The van der Waals surface area contributed by atoms with E-state index in [0.29, 0.717) is 6.10 Å². The first-order valence-corrected chi connectivity index (χ1v) is 7.20. The van der Waals surface area contributed by atoms with Crippen molar-refractivity contribution in [3.05, 3.63) is 28.7 Å². The Hall–Kier alpha value is -0.123. The Bertz CT molecular complexity index is 256. The first kappa shape index (κ1) is 11.9. The second-order valence-electron chi connectivity index (χ2n) is 3.38. The molecule has 1 rings (SSSR count). The number of hydrogen-bond donors (Lipinski definition) is 0. The molecule has 0 heterocycles. The van der Waals surface area contributed by atoms with Gasteiger partial charge in [-0.05, 0) is 30.2 Å². The highest BCUT2D eigenvalue weighted by molar-refractivity contribution is 9.10. The Morgan fingerprint density at radius 2 is 1.79 bits per heavy atom. The highest BCUT2D eigenvalue weighted by atomic mass is 79.9. The van der Waals surface area contributed by atoms with Crippen LogP contribution in [-0.2, 0) is 4.43 Å². The monoisotopic (exact) mass is 272 g/mol. The zero-order valence-corrected chi connectivity index (χ0v) is 11.8. The van der Waals surface area contributed by atoms with Gasteiger partial charge in [-0.1, -0.05) is 41.9 Å². The molecule has 1 aromatic rings. The van der Waals surface area contributed by atoms with Gasteiger partial charge in [-0.2, -0.15) is 0 Å². The van der Waals surface area contributed by atoms with Crippen LogP contribution in [0.5, 0.6) is 0 Å². The van der Waals surface area contributed by atoms with E-state index in [-0.39, 0.29) is 0 Å². The second-order valence-corrected chi connectivity index (χ2v) is 5.73. The van der Waals surface area contributed by atoms with Crippen molar-refractivity contribution in [1.82, 2.24) is 0 Å². The predicted molar refractivity (Wildman–Crippen MR) is 67.8 cm³/mol. The first-order chi connectivity index (χ1) is 6.76. The van der Waals surface area contributed by atoms with E-state index in [1.54, 1.807) is 0 Å². The van der Waals surface area contributed by atoms with Crippen LogP contribution in [-0.4, -0.2) is 15.9 Å². The van der Waals surface area contributed by atoms with E-state index in [1.807, 2.05) is 0 Å². The van der Waals surface area contributed by atoms with Gasteiger partial charge in [-0.15, -0.1) is 0 Å². The largest absolute Gasteiger partial charge is 0.416 e. The zero-order valence-electron chi connectivity index (χ0n) is 8.79. The minimum atomic E-state index is -0.518. The molecule has 0 unspecified atom stereocenters. The number of hydrogen-bond acceptors (Lipinski definition) is 1. The second kappa shape index (κ2) is 6.38. The molecule has 0 aliphatic heterocycles. The van der Waals surface area contributed by atoms with Crippen molar-refractivity contribution in [3.63, 3.8) is 0 Å². The average molecular weight is 273 g/mol. The van der Waals surface area contributed by atoms with Crippen molar-refractivity contribution in [2.75, 3.05) is 0 Å². The SMILES string of the molecule is CCC(CC)O[SiH2]c1ccc(Br)cc1. The topological polar surface area (TPSA) is 9.23 Å². The third-order valence-corrected chi connectivity index (χ3v) is 4.28. The summed E-state index contributed by atoms with van der Waals surface area (Å²) < 4.78 is 7.03. The number of halogens is 1. The maximum atomic E-state index is 5.89. The molecule has 1 nitrogen and oxygen atoms in total. The molecule has 0 aromatic heterocycles. The quantitative estimate of drug-likeness (QED) is 0.748. The summed E-state index contributed by atoms with van der Waals surface area (Å²) in [6, 6.07) is 8.47. The third-order valence-electron chi connectivity index (χ3n) is 2.31. The molecule has 14 heavy (non-hydrogen) atoms. The first-order valence-electron chi connectivity index (χ1n) is 5.12. The molecule has 0 amide bonds. The van der Waals surface area contributed by atoms with Gasteiger partial charge in [0.15, 0.2) is 9.76 Å². The maximum absolute atomic E-state index is 5.89. The van der Waals surface area contributed by atoms with E-state index in [4.69, 9.17) is 4.43 Å². The highest BCUT2D eigenvalue weighted by Gasteiger charge is 2.03. The van der Waals surface area contributed by atoms with Crippen molar-refractivity contribution in [3.8, 4) is 0 Å². The Kier molecular flexibility index (Phi) is 5.44. The van der Waals surface area contributed by atoms with Gasteiger partial charge in [0.1, 0.15) is 0 Å². The van der Waals surface area contributed by atoms with Gasteiger partial charge < -0.3 is 4.43 Å². The summed E-state index contributed by atoms with van der Waals surface area (Å²) in [7, 11) is -0.518. The molecule has 0 aliphatic rings. The fraction of sp³-hybridized carbons (Fsp3) is 0.455. The summed E-state index contributed by atoms with van der Waals surface area (Å²) in [5.74, 6) is 0. The van der Waals surface area contributed by atoms with Crippen molar-refractivity contribution in [2.24, 2.45) is 0 Å². The molecule has 0 spiro atoms. The fourth-order valence-corrected chi connectivity index (χ4v) is 2.91. The Morgan fingerprint density at radius 1 is 1.21 bits per heavy atom. The van der Waals surface area contributed by atoms with Crippen LogP contribution in [0.2, 0.25) is 0 Å². The zero-order chi connectivity index (χ0) is 10.4. The molecule has 78 valence electrons. The van der Waals surface area contributed by atoms with Crippen molar-refractivity contribution >= 4 is 30.9 Å². The summed E-state index contributed by atoms with van der Waals surface area (Å²) in [5.41, 5.74) is 0. The van der Waals surface area contributed by atoms with E-state index in [2.05, 4.69) is 54.0 Å². The lowest BCUT2D eigenvalue weighted by Crippen LogP contribution is -2.23. The Balaban J connectivity index is 2.41. The summed E-state index contributed by atoms with van der Waals surface area (Å²) in [6.07, 6.45) is 2.71. The smallest absolute Gasteiger partial charge is 0.192 e. The van der Waals surface area contributed by atoms with Crippen molar-refractivity contribution in [1.29, 1.82) is 0 Å². The van der Waals surface area contributed by atoms with E-state index in [9.17, 15) is 0 Å². The summed E-state index contributed by atoms with van der Waals surface area (Å²) in [5, 5.41) is 1.38. The minimum absolute atomic E-state index is 0.463. The van der Waals surface area contributed by atoms with Gasteiger partial charge >= 0.3 is 0 Å². The predicted octanol–water partition coefficient (Wildman–Crippen LogP) is 2.36. The van der Waals surface area contributed by atoms with Crippen LogP contribution in [0.3, 0.4) is 0 Å². The van der Waals surface area contributed by atoms with Crippen LogP contribution >= 0.6 is 15.9 Å². The standard InChI is InChI=1S/C11H17BrOSi/c1-3-10(4-2)13-14-11-7-5-9(12)6-8-11/h5-8,10H,3-4,14H2,1-2H3. The van der Waals surface area contributed by atoms with Gasteiger partial charge in [-0.3, -0.25) is 0 Å². The van der Waals surface area contributed by atoms with Crippen molar-refractivity contribution < 1.29 is 4.43 Å². The molecule has 0 saturated heterocycles. The summed E-state index contributed by atoms with van der Waals surface area (Å²) >= 11 is 3.43. The van der Waals surface area contributed by atoms with Crippen molar-refractivity contribution in [2.45, 2.75) is 32.8 Å². The molecular formula is C11H17BrOSi. The molecule has 0 saturated carbocycles. The lowest BCUT2D eigenvalue weighted by molar-refractivity contribution is 0.206. The van der Waals surface area contributed by atoms with Gasteiger partial charge in [-0.25, -0.2) is 0 Å². The fourth-order valence-electron chi connectivity index (χ4n) is 1.32. The molecule has 0 fully saturated rings. The molecule has 0 bridgehead atoms. The van der Waals surface area contributed by atoms with Crippen LogP contribution in [0.4, 0.5) is 0 Å². The van der Waals surface area contributed by atoms with Crippen LogP contribution < -0.4 is 5.19 Å². The van der Waals surface area contributed by atoms with Gasteiger partial charge in [0.25, 0.3) is 0 Å². The average Bonchev–Trinajstić information content (AvgIpc) is 2.22. The summed E-state index contributed by atoms with van der Waals surface area (Å²) in [6.45, 7) is 4.37. The van der Waals surface area contributed by atoms with Gasteiger partial charge in [0.05, 0.1) is 0 Å². The Labute approximate surface area is 96.9 Å². The molecule has 0 atom stereocenters. The minimum Gasteiger partial charge on any atom is -0.416 e. The molecular weight excluding hydrogens is 256 g/mol. The van der Waals surface area contributed by atoms with E-state index in [0.717, 1.165) is 17.3 Å². The van der Waals surface area contributed by atoms with Crippen LogP contribution in [0, 0.1) is 0 Å². The highest BCUT2D eigenvalue weighted by Crippen LogP contribution is 2.06. The molecule has 0 N–H and O–H groups in total. The van der Waals surface area contributed by atoms with Crippen LogP contribution in [0.1, 0.15) is 26.7 Å². The normalized spacial score (nSPS) is 11.7. The lowest BCUT2D eigenvalue weighted by atomic mass is 10.2. The molecule has 0 radical (unpaired) electrons. The van der Waals surface area contributed by atoms with Crippen LogP contribution in [0.15, 0.2) is 28.7 Å². The third kappa shape index (κ3) is 3.94. The molecule has 1 aromatic carbocycles. The number of benzene rings is 1. The molecule has 3 heteroatoms. The lowest BCUT2D eigenvalue weighted by Gasteiger charge is -2.13. The van der Waals surface area contributed by atoms with E-state index in [1.165, 1.54) is 5.19 Å². The van der Waals surface area contributed by atoms with Crippen LogP contribution in [0.25, 0.3) is 0 Å². The Morgan fingerprint density at radius 3 is 2.29 bits per heavy atom. The molecule has 0 aliphatic carbocycles. The van der Waals surface area contributed by atoms with E-state index >= 15 is 0 Å². The van der Waals surface area contributed by atoms with Gasteiger partial charge in [0, 0.05) is 10.6 Å². The maximum Gasteiger partial charge on any atom is 0.192 e. The summed E-state index contributed by atoms with van der Waals surface area (Å²) in [4.78, 5) is 0. The van der Waals surface area contributed by atoms with Gasteiger partial charge in [0.2, 0.25) is 0 Å². The number of rotatable bonds is 5.